The molecule has 0 saturated carbocycles. The van der Waals surface area contributed by atoms with E-state index < -0.39 is 23.8 Å². The van der Waals surface area contributed by atoms with Gasteiger partial charge in [0.1, 0.15) is 11.6 Å². The average Bonchev–Trinajstić information content (AvgIpc) is 2.68. The molecule has 1 atom stereocenters. The molecule has 1 heterocycles. The Hall–Kier alpha value is -3.55. The number of amides is 4. The van der Waals surface area contributed by atoms with Gasteiger partial charge in [-0.2, -0.15) is 0 Å². The average molecular weight is 397 g/mol. The van der Waals surface area contributed by atoms with Crippen LogP contribution < -0.4 is 15.0 Å². The van der Waals surface area contributed by atoms with Gasteiger partial charge in [-0.05, 0) is 43.7 Å². The number of rotatable bonds is 6. The van der Waals surface area contributed by atoms with Crippen LogP contribution in [-0.2, 0) is 16.1 Å². The third-order valence-electron chi connectivity index (χ3n) is 4.41. The molecule has 2 aromatic rings. The number of carbonyl (C=O) groups excluding carboxylic acids is 3. The Morgan fingerprint density at radius 1 is 1.14 bits per heavy atom. The zero-order chi connectivity index (χ0) is 21.0. The molecule has 2 aromatic carbocycles. The van der Waals surface area contributed by atoms with Crippen molar-refractivity contribution in [2.75, 3.05) is 11.5 Å². The fourth-order valence-electron chi connectivity index (χ4n) is 2.99. The van der Waals surface area contributed by atoms with Crippen molar-refractivity contribution in [1.29, 1.82) is 0 Å². The molecule has 29 heavy (non-hydrogen) atoms. The van der Waals surface area contributed by atoms with Crippen LogP contribution in [0.1, 0.15) is 19.4 Å². The normalized spacial score (nSPS) is 17.3. The van der Waals surface area contributed by atoms with Gasteiger partial charge in [-0.1, -0.05) is 24.3 Å². The summed E-state index contributed by atoms with van der Waals surface area (Å²) in [6, 6.07) is 11.5. The number of hydrogen-bond donors (Lipinski definition) is 1. The lowest BCUT2D eigenvalue weighted by Gasteiger charge is -2.31. The number of imide groups is 2. The van der Waals surface area contributed by atoms with Crippen molar-refractivity contribution in [1.82, 2.24) is 5.32 Å². The van der Waals surface area contributed by atoms with Crippen molar-refractivity contribution in [3.8, 4) is 5.75 Å². The van der Waals surface area contributed by atoms with Gasteiger partial charge in [0.15, 0.2) is 5.92 Å². The lowest BCUT2D eigenvalue weighted by atomic mass is 9.99. The second-order valence-electron chi connectivity index (χ2n) is 6.39. The molecule has 8 heteroatoms. The van der Waals surface area contributed by atoms with E-state index in [1.165, 1.54) is 12.1 Å². The molecule has 0 aliphatic carbocycles. The number of halogens is 1. The molecule has 7 nitrogen and oxygen atoms in total. The fraction of sp³-hybridized carbons (Fsp3) is 0.238. The van der Waals surface area contributed by atoms with Gasteiger partial charge < -0.3 is 4.74 Å². The standard InChI is InChI=1S/C21H20FN3O4/c1-3-29-17-7-5-4-6-16(17)25-20(27)18(19(26)24-21(25)28)13(2)23-12-14-8-10-15(22)11-9-14/h4-11,18H,3,12H2,1-2H3,(H,24,26,28)/t18-/m1/s1. The number of nitrogens with one attached hydrogen (secondary N) is 1. The van der Waals surface area contributed by atoms with E-state index in [4.69, 9.17) is 4.74 Å². The van der Waals surface area contributed by atoms with Crippen LogP contribution in [0.25, 0.3) is 0 Å². The minimum Gasteiger partial charge on any atom is -0.492 e. The number of benzene rings is 2. The summed E-state index contributed by atoms with van der Waals surface area (Å²) < 4.78 is 18.5. The van der Waals surface area contributed by atoms with E-state index in [0.29, 0.717) is 12.4 Å². The second kappa shape index (κ2) is 8.64. The molecule has 1 saturated heterocycles. The molecular weight excluding hydrogens is 377 g/mol. The molecule has 150 valence electrons. The van der Waals surface area contributed by atoms with Gasteiger partial charge >= 0.3 is 6.03 Å². The minimum atomic E-state index is -1.25. The third kappa shape index (κ3) is 4.31. The first-order valence-corrected chi connectivity index (χ1v) is 9.08. The second-order valence-corrected chi connectivity index (χ2v) is 6.39. The topological polar surface area (TPSA) is 88.1 Å². The van der Waals surface area contributed by atoms with Crippen LogP contribution in [0.5, 0.6) is 5.75 Å². The maximum atomic E-state index is 13.1. The molecule has 1 aliphatic rings. The number of anilines is 1. The maximum absolute atomic E-state index is 13.1. The number of barbiturate groups is 1. The van der Waals surface area contributed by atoms with E-state index >= 15 is 0 Å². The molecule has 0 bridgehead atoms. The lowest BCUT2D eigenvalue weighted by molar-refractivity contribution is -0.131. The van der Waals surface area contributed by atoms with Gasteiger partial charge in [0.25, 0.3) is 5.91 Å². The molecule has 1 N–H and O–H groups in total. The van der Waals surface area contributed by atoms with Crippen molar-refractivity contribution in [2.24, 2.45) is 10.9 Å². The number of hydrogen-bond acceptors (Lipinski definition) is 5. The van der Waals surface area contributed by atoms with E-state index in [9.17, 15) is 18.8 Å². The summed E-state index contributed by atoms with van der Waals surface area (Å²) in [5.74, 6) is -2.69. The highest BCUT2D eigenvalue weighted by Gasteiger charge is 2.43. The Morgan fingerprint density at radius 3 is 2.52 bits per heavy atom. The van der Waals surface area contributed by atoms with Gasteiger partial charge in [0.05, 0.1) is 18.8 Å². The van der Waals surface area contributed by atoms with Gasteiger partial charge in [-0.3, -0.25) is 19.9 Å². The van der Waals surface area contributed by atoms with Crippen molar-refractivity contribution < 1.29 is 23.5 Å². The summed E-state index contributed by atoms with van der Waals surface area (Å²) in [5, 5.41) is 2.21. The Kier molecular flexibility index (Phi) is 6.01. The monoisotopic (exact) mass is 397 g/mol. The Balaban J connectivity index is 1.88. The molecule has 0 spiro atoms. The van der Waals surface area contributed by atoms with E-state index in [1.54, 1.807) is 50.2 Å². The summed E-state index contributed by atoms with van der Waals surface area (Å²) in [6.07, 6.45) is 0. The first kappa shape index (κ1) is 20.2. The quantitative estimate of drug-likeness (QED) is 0.599. The van der Waals surface area contributed by atoms with E-state index in [1.807, 2.05) is 0 Å². The summed E-state index contributed by atoms with van der Waals surface area (Å²) in [6.45, 7) is 3.86. The number of para-hydroxylation sites is 2. The zero-order valence-electron chi connectivity index (χ0n) is 16.0. The SMILES string of the molecule is CCOc1ccccc1N1C(=O)NC(=O)[C@@H](C(C)=NCc2ccc(F)cc2)C1=O. The Bertz CT molecular complexity index is 972. The van der Waals surface area contributed by atoms with E-state index in [2.05, 4.69) is 10.3 Å². The Labute approximate surface area is 167 Å². The van der Waals surface area contributed by atoms with Gasteiger partial charge in [0.2, 0.25) is 5.91 Å². The molecule has 0 aromatic heterocycles. The number of ether oxygens (including phenoxy) is 1. The largest absolute Gasteiger partial charge is 0.492 e. The molecule has 1 fully saturated rings. The molecular formula is C21H20FN3O4. The van der Waals surface area contributed by atoms with Crippen LogP contribution in [0.2, 0.25) is 0 Å². The minimum absolute atomic E-state index is 0.173. The van der Waals surface area contributed by atoms with Crippen LogP contribution >= 0.6 is 0 Å². The summed E-state index contributed by atoms with van der Waals surface area (Å²) in [7, 11) is 0. The van der Waals surface area contributed by atoms with Crippen LogP contribution in [-0.4, -0.2) is 30.2 Å². The van der Waals surface area contributed by atoms with Crippen molar-refractivity contribution >= 4 is 29.2 Å². The van der Waals surface area contributed by atoms with Gasteiger partial charge in [-0.25, -0.2) is 14.1 Å². The van der Waals surface area contributed by atoms with Crippen molar-refractivity contribution in [3.05, 3.63) is 59.9 Å². The molecule has 0 unspecified atom stereocenters. The Morgan fingerprint density at radius 2 is 1.83 bits per heavy atom. The summed E-state index contributed by atoms with van der Waals surface area (Å²) in [4.78, 5) is 43.0. The maximum Gasteiger partial charge on any atom is 0.335 e. The van der Waals surface area contributed by atoms with Crippen LogP contribution in [0, 0.1) is 11.7 Å². The van der Waals surface area contributed by atoms with Crippen molar-refractivity contribution in [3.63, 3.8) is 0 Å². The van der Waals surface area contributed by atoms with E-state index in [-0.39, 0.29) is 23.8 Å². The molecule has 0 radical (unpaired) electrons. The van der Waals surface area contributed by atoms with Crippen molar-refractivity contribution in [2.45, 2.75) is 20.4 Å². The van der Waals surface area contributed by atoms with Crippen LogP contribution in [0.4, 0.5) is 14.9 Å². The highest BCUT2D eigenvalue weighted by molar-refractivity contribution is 6.35. The first-order chi connectivity index (χ1) is 13.9. The number of nitrogens with zero attached hydrogens (tertiary/aromatic N) is 2. The molecule has 3 rings (SSSR count). The van der Waals surface area contributed by atoms with E-state index in [0.717, 1.165) is 10.5 Å². The van der Waals surface area contributed by atoms with Gasteiger partial charge in [0, 0.05) is 5.71 Å². The number of aliphatic imine (C=N–C) groups is 1. The third-order valence-corrected chi connectivity index (χ3v) is 4.41. The predicted molar refractivity (Wildman–Crippen MR) is 105 cm³/mol. The molecule has 1 aliphatic heterocycles. The smallest absolute Gasteiger partial charge is 0.335 e. The fourth-order valence-corrected chi connectivity index (χ4v) is 2.99. The van der Waals surface area contributed by atoms with Gasteiger partial charge in [-0.15, -0.1) is 0 Å². The highest BCUT2D eigenvalue weighted by Crippen LogP contribution is 2.31. The number of carbonyl (C=O) groups is 3. The van der Waals surface area contributed by atoms with Crippen LogP contribution in [0.3, 0.4) is 0 Å². The number of urea groups is 1. The molecule has 4 amide bonds. The zero-order valence-corrected chi connectivity index (χ0v) is 16.0. The van der Waals surface area contributed by atoms with Crippen LogP contribution in [0.15, 0.2) is 53.5 Å². The lowest BCUT2D eigenvalue weighted by Crippen LogP contribution is -2.60. The first-order valence-electron chi connectivity index (χ1n) is 9.08. The summed E-state index contributed by atoms with van der Waals surface area (Å²) >= 11 is 0. The predicted octanol–water partition coefficient (Wildman–Crippen LogP) is 3.08. The summed E-state index contributed by atoms with van der Waals surface area (Å²) in [5.41, 5.74) is 1.23. The highest BCUT2D eigenvalue weighted by atomic mass is 19.1.